The van der Waals surface area contributed by atoms with Crippen molar-refractivity contribution in [3.05, 3.63) is 0 Å². The SMILES string of the molecule is CCCCCCCCCCCCCCCCCCOC(CC)(CCCCCCCCCCCCCCCCC)N(O)O. The third kappa shape index (κ3) is 27.4. The van der Waals surface area contributed by atoms with E-state index in [1.807, 2.05) is 6.92 Å². The van der Waals surface area contributed by atoms with Crippen LogP contribution in [0.15, 0.2) is 0 Å². The van der Waals surface area contributed by atoms with Gasteiger partial charge in [-0.05, 0) is 30.9 Å². The van der Waals surface area contributed by atoms with Gasteiger partial charge in [0, 0.05) is 6.61 Å². The maximum atomic E-state index is 9.98. The standard InChI is InChI=1S/C38H79NO3/c1-4-7-9-11-13-15-17-19-21-23-25-27-29-31-33-35-37-42-38(6-3,39(40)41)36-34-32-30-28-26-24-22-20-18-16-14-12-10-8-5-2/h40-41H,4-37H2,1-3H3. The Labute approximate surface area is 265 Å². The molecule has 0 aliphatic rings. The van der Waals surface area contributed by atoms with Crippen LogP contribution in [0.3, 0.4) is 0 Å². The van der Waals surface area contributed by atoms with E-state index >= 15 is 0 Å². The summed E-state index contributed by atoms with van der Waals surface area (Å²) in [5, 5.41) is 20.3. The summed E-state index contributed by atoms with van der Waals surface area (Å²) in [7, 11) is 0. The predicted octanol–water partition coefficient (Wildman–Crippen LogP) is 13.7. The molecule has 0 rings (SSSR count). The number of nitrogens with zero attached hydrogens (tertiary/aromatic N) is 1. The molecule has 4 nitrogen and oxygen atoms in total. The second-order valence-electron chi connectivity index (χ2n) is 13.4. The molecule has 0 aliphatic carbocycles. The van der Waals surface area contributed by atoms with E-state index in [0.717, 1.165) is 19.3 Å². The molecule has 0 amide bonds. The van der Waals surface area contributed by atoms with Gasteiger partial charge in [0.05, 0.1) is 0 Å². The van der Waals surface area contributed by atoms with E-state index in [4.69, 9.17) is 4.74 Å². The van der Waals surface area contributed by atoms with Crippen LogP contribution in [0.1, 0.15) is 233 Å². The molecule has 42 heavy (non-hydrogen) atoms. The van der Waals surface area contributed by atoms with Crippen molar-refractivity contribution in [2.45, 2.75) is 238 Å². The maximum Gasteiger partial charge on any atom is 0.169 e. The zero-order valence-corrected chi connectivity index (χ0v) is 29.3. The third-order valence-electron chi connectivity index (χ3n) is 9.46. The molecule has 1 unspecified atom stereocenters. The van der Waals surface area contributed by atoms with Crippen molar-refractivity contribution in [1.29, 1.82) is 0 Å². The van der Waals surface area contributed by atoms with Gasteiger partial charge in [0.15, 0.2) is 5.72 Å². The second kappa shape index (κ2) is 33.7. The molecule has 1 atom stereocenters. The largest absolute Gasteiger partial charge is 0.356 e. The lowest BCUT2D eigenvalue weighted by Crippen LogP contribution is -2.47. The van der Waals surface area contributed by atoms with Crippen LogP contribution < -0.4 is 0 Å². The van der Waals surface area contributed by atoms with E-state index < -0.39 is 5.72 Å². The quantitative estimate of drug-likeness (QED) is 0.0428. The second-order valence-corrected chi connectivity index (χ2v) is 13.4. The number of ether oxygens (including phenoxy) is 1. The lowest BCUT2D eigenvalue weighted by molar-refractivity contribution is -0.425. The summed E-state index contributed by atoms with van der Waals surface area (Å²) in [6.45, 7) is 7.19. The van der Waals surface area contributed by atoms with E-state index in [-0.39, 0.29) is 0 Å². The molecule has 0 heterocycles. The lowest BCUT2D eigenvalue weighted by Gasteiger charge is -2.35. The zero-order valence-electron chi connectivity index (χ0n) is 29.3. The first-order valence-corrected chi connectivity index (χ1v) is 19.4. The summed E-state index contributed by atoms with van der Waals surface area (Å²) in [5.41, 5.74) is -0.938. The zero-order chi connectivity index (χ0) is 30.8. The molecule has 4 heteroatoms. The number of unbranched alkanes of at least 4 members (excludes halogenated alkanes) is 29. The fraction of sp³-hybridized carbons (Fsp3) is 1.00. The third-order valence-corrected chi connectivity index (χ3v) is 9.46. The number of hydroxylamine groups is 2. The molecule has 0 aromatic heterocycles. The summed E-state index contributed by atoms with van der Waals surface area (Å²) in [6.07, 6.45) is 43.1. The van der Waals surface area contributed by atoms with Crippen LogP contribution in [0.2, 0.25) is 0 Å². The molecule has 0 saturated heterocycles. The van der Waals surface area contributed by atoms with E-state index in [2.05, 4.69) is 13.8 Å². The van der Waals surface area contributed by atoms with Crippen molar-refractivity contribution in [2.24, 2.45) is 0 Å². The fourth-order valence-electron chi connectivity index (χ4n) is 6.34. The monoisotopic (exact) mass is 598 g/mol. The first-order chi connectivity index (χ1) is 20.6. The summed E-state index contributed by atoms with van der Waals surface area (Å²) in [5.74, 6) is 0. The molecule has 0 fully saturated rings. The molecule has 0 aromatic rings. The fourth-order valence-corrected chi connectivity index (χ4v) is 6.34. The van der Waals surface area contributed by atoms with Gasteiger partial charge in [-0.15, -0.1) is 0 Å². The van der Waals surface area contributed by atoms with Gasteiger partial charge in [-0.25, -0.2) is 0 Å². The normalized spacial score (nSPS) is 13.3. The van der Waals surface area contributed by atoms with Crippen molar-refractivity contribution in [1.82, 2.24) is 5.23 Å². The molecular formula is C38H79NO3. The Balaban J connectivity index is 3.62. The molecule has 0 saturated carbocycles. The van der Waals surface area contributed by atoms with Gasteiger partial charge in [-0.2, -0.15) is 0 Å². The van der Waals surface area contributed by atoms with Crippen molar-refractivity contribution < 1.29 is 15.2 Å². The number of rotatable bonds is 36. The van der Waals surface area contributed by atoms with Crippen molar-refractivity contribution in [2.75, 3.05) is 6.61 Å². The Bertz CT molecular complexity index is 501. The molecule has 2 N–H and O–H groups in total. The molecule has 0 spiro atoms. The highest BCUT2D eigenvalue weighted by atomic mass is 16.8. The summed E-state index contributed by atoms with van der Waals surface area (Å²) in [6, 6.07) is 0. The minimum atomic E-state index is -0.938. The molecule has 0 aliphatic heterocycles. The Morgan fingerprint density at radius 1 is 0.381 bits per heavy atom. The van der Waals surface area contributed by atoms with Gasteiger partial charge in [0.2, 0.25) is 0 Å². The molecule has 0 aromatic carbocycles. The van der Waals surface area contributed by atoms with E-state index in [1.54, 1.807) is 0 Å². The maximum absolute atomic E-state index is 9.98. The summed E-state index contributed by atoms with van der Waals surface area (Å²) in [4.78, 5) is 0. The summed E-state index contributed by atoms with van der Waals surface area (Å²) < 4.78 is 6.10. The van der Waals surface area contributed by atoms with Crippen LogP contribution in [-0.2, 0) is 4.74 Å². The Morgan fingerprint density at radius 2 is 0.643 bits per heavy atom. The molecule has 254 valence electrons. The van der Waals surface area contributed by atoms with Gasteiger partial charge < -0.3 is 4.74 Å². The first-order valence-electron chi connectivity index (χ1n) is 19.4. The van der Waals surface area contributed by atoms with Gasteiger partial charge >= 0.3 is 0 Å². The number of hydrogen-bond acceptors (Lipinski definition) is 4. The Morgan fingerprint density at radius 3 is 0.905 bits per heavy atom. The molecule has 0 radical (unpaired) electrons. The van der Waals surface area contributed by atoms with Crippen molar-refractivity contribution in [3.63, 3.8) is 0 Å². The van der Waals surface area contributed by atoms with Crippen LogP contribution in [0.5, 0.6) is 0 Å². The molecular weight excluding hydrogens is 518 g/mol. The van der Waals surface area contributed by atoms with Crippen LogP contribution in [0.25, 0.3) is 0 Å². The molecule has 0 bridgehead atoms. The predicted molar refractivity (Wildman–Crippen MR) is 183 cm³/mol. The highest BCUT2D eigenvalue weighted by Crippen LogP contribution is 2.27. The lowest BCUT2D eigenvalue weighted by atomic mass is 10.00. The van der Waals surface area contributed by atoms with E-state index in [9.17, 15) is 10.4 Å². The first kappa shape index (κ1) is 41.8. The van der Waals surface area contributed by atoms with Crippen LogP contribution in [0.4, 0.5) is 0 Å². The minimum absolute atomic E-state index is 0.364. The highest BCUT2D eigenvalue weighted by Gasteiger charge is 2.34. The minimum Gasteiger partial charge on any atom is -0.356 e. The Hall–Kier alpha value is -0.160. The van der Waals surface area contributed by atoms with Gasteiger partial charge in [-0.3, -0.25) is 10.4 Å². The van der Waals surface area contributed by atoms with Gasteiger partial charge in [-0.1, -0.05) is 207 Å². The van der Waals surface area contributed by atoms with Gasteiger partial charge in [0.1, 0.15) is 0 Å². The summed E-state index contributed by atoms with van der Waals surface area (Å²) >= 11 is 0. The van der Waals surface area contributed by atoms with Crippen molar-refractivity contribution >= 4 is 0 Å². The smallest absolute Gasteiger partial charge is 0.169 e. The average molecular weight is 598 g/mol. The van der Waals surface area contributed by atoms with E-state index in [1.165, 1.54) is 180 Å². The Kier molecular flexibility index (Phi) is 33.6. The van der Waals surface area contributed by atoms with E-state index in [0.29, 0.717) is 24.7 Å². The average Bonchev–Trinajstić information content (AvgIpc) is 2.99. The highest BCUT2D eigenvalue weighted by molar-refractivity contribution is 4.72. The topological polar surface area (TPSA) is 52.9 Å². The number of hydrogen-bond donors (Lipinski definition) is 2. The van der Waals surface area contributed by atoms with Crippen molar-refractivity contribution in [3.8, 4) is 0 Å². The van der Waals surface area contributed by atoms with Gasteiger partial charge in [0.25, 0.3) is 0 Å². The van der Waals surface area contributed by atoms with Crippen LogP contribution in [0, 0.1) is 0 Å². The van der Waals surface area contributed by atoms with Crippen LogP contribution >= 0.6 is 0 Å². The van der Waals surface area contributed by atoms with Crippen LogP contribution in [-0.4, -0.2) is 28.0 Å².